The van der Waals surface area contributed by atoms with Gasteiger partial charge in [-0.1, -0.05) is 30.3 Å². The van der Waals surface area contributed by atoms with Gasteiger partial charge in [-0.15, -0.1) is 0 Å². The Morgan fingerprint density at radius 1 is 1.32 bits per heavy atom. The second-order valence-electron chi connectivity index (χ2n) is 4.46. The lowest BCUT2D eigenvalue weighted by Crippen LogP contribution is -2.37. The lowest BCUT2D eigenvalue weighted by Gasteiger charge is -2.34. The van der Waals surface area contributed by atoms with E-state index in [1.807, 2.05) is 30.3 Å². The van der Waals surface area contributed by atoms with Crippen molar-refractivity contribution in [1.82, 2.24) is 0 Å². The molecule has 2 rings (SSSR count). The van der Waals surface area contributed by atoms with Gasteiger partial charge in [-0.2, -0.15) is 0 Å². The van der Waals surface area contributed by atoms with Crippen LogP contribution in [0, 0.1) is 0 Å². The summed E-state index contributed by atoms with van der Waals surface area (Å²) in [6.45, 7) is -0.0929. The number of benzene rings is 1. The van der Waals surface area contributed by atoms with Crippen molar-refractivity contribution in [2.45, 2.75) is 31.3 Å². The molecule has 3 atom stereocenters. The summed E-state index contributed by atoms with van der Waals surface area (Å²) in [5.74, 6) is -0.324. The molecule has 0 bridgehead atoms. The molecule has 0 spiro atoms. The van der Waals surface area contributed by atoms with Crippen LogP contribution in [0.15, 0.2) is 30.3 Å². The molecule has 1 fully saturated rings. The van der Waals surface area contributed by atoms with Crippen molar-refractivity contribution in [2.75, 3.05) is 13.7 Å². The normalized spacial score (nSPS) is 26.9. The van der Waals surface area contributed by atoms with Gasteiger partial charge in [0.25, 0.3) is 0 Å². The van der Waals surface area contributed by atoms with Crippen molar-refractivity contribution in [1.29, 1.82) is 0 Å². The Hall–Kier alpha value is -1.43. The molecule has 0 amide bonds. The number of ether oxygens (including phenoxy) is 3. The van der Waals surface area contributed by atoms with E-state index in [0.717, 1.165) is 5.56 Å². The van der Waals surface area contributed by atoms with Gasteiger partial charge in [0.15, 0.2) is 6.29 Å². The molecule has 19 heavy (non-hydrogen) atoms. The van der Waals surface area contributed by atoms with E-state index >= 15 is 0 Å². The second kappa shape index (κ2) is 6.65. The van der Waals surface area contributed by atoms with Crippen molar-refractivity contribution in [3.63, 3.8) is 0 Å². The molecule has 0 aromatic heterocycles. The first kappa shape index (κ1) is 14.0. The zero-order valence-corrected chi connectivity index (χ0v) is 10.8. The molecule has 1 aliphatic heterocycles. The van der Waals surface area contributed by atoms with Crippen LogP contribution in [0.2, 0.25) is 0 Å². The van der Waals surface area contributed by atoms with Gasteiger partial charge >= 0.3 is 5.97 Å². The van der Waals surface area contributed by atoms with Crippen LogP contribution in [0.25, 0.3) is 0 Å². The monoisotopic (exact) mass is 266 g/mol. The van der Waals surface area contributed by atoms with Gasteiger partial charge < -0.3 is 19.3 Å². The Kier molecular flexibility index (Phi) is 4.90. The van der Waals surface area contributed by atoms with Crippen LogP contribution in [0.5, 0.6) is 0 Å². The van der Waals surface area contributed by atoms with E-state index in [9.17, 15) is 9.90 Å². The van der Waals surface area contributed by atoms with Crippen LogP contribution in [0.3, 0.4) is 0 Å². The van der Waals surface area contributed by atoms with E-state index in [1.54, 1.807) is 0 Å². The van der Waals surface area contributed by atoms with E-state index in [-0.39, 0.29) is 31.2 Å². The van der Waals surface area contributed by atoms with Gasteiger partial charge in [-0.25, -0.2) is 0 Å². The molecule has 1 heterocycles. The molecule has 0 saturated carbocycles. The summed E-state index contributed by atoms with van der Waals surface area (Å²) in [6, 6.07) is 9.46. The molecule has 0 radical (unpaired) electrons. The van der Waals surface area contributed by atoms with Crippen molar-refractivity contribution in [3.8, 4) is 0 Å². The Morgan fingerprint density at radius 2 is 2.00 bits per heavy atom. The highest BCUT2D eigenvalue weighted by Gasteiger charge is 2.32. The fraction of sp³-hybridized carbons (Fsp3) is 0.500. The summed E-state index contributed by atoms with van der Waals surface area (Å²) in [4.78, 5) is 11.3. The number of rotatable bonds is 4. The summed E-state index contributed by atoms with van der Waals surface area (Å²) < 4.78 is 16.0. The van der Waals surface area contributed by atoms with Crippen molar-refractivity contribution in [2.24, 2.45) is 0 Å². The van der Waals surface area contributed by atoms with Gasteiger partial charge in [-0.3, -0.25) is 4.79 Å². The van der Waals surface area contributed by atoms with Gasteiger partial charge in [0.05, 0.1) is 32.3 Å². The van der Waals surface area contributed by atoms with Crippen LogP contribution < -0.4 is 0 Å². The third-order valence-electron chi connectivity index (χ3n) is 3.06. The maximum Gasteiger partial charge on any atom is 0.308 e. The molecule has 1 saturated heterocycles. The average Bonchev–Trinajstić information content (AvgIpc) is 2.47. The van der Waals surface area contributed by atoms with Crippen LogP contribution >= 0.6 is 0 Å². The summed E-state index contributed by atoms with van der Waals surface area (Å²) in [5.41, 5.74) is 0.871. The minimum Gasteiger partial charge on any atom is -0.469 e. The number of carbonyl (C=O) groups is 1. The van der Waals surface area contributed by atoms with E-state index in [0.29, 0.717) is 6.42 Å². The number of esters is 1. The first-order valence-corrected chi connectivity index (χ1v) is 6.26. The largest absolute Gasteiger partial charge is 0.469 e. The highest BCUT2D eigenvalue weighted by molar-refractivity contribution is 5.69. The zero-order valence-electron chi connectivity index (χ0n) is 10.8. The summed E-state index contributed by atoms with van der Waals surface area (Å²) >= 11 is 0. The van der Waals surface area contributed by atoms with E-state index < -0.39 is 6.29 Å². The first-order chi connectivity index (χ1) is 9.22. The quantitative estimate of drug-likeness (QED) is 0.835. The SMILES string of the molecule is COC(=O)C[C@@H]1C[C@H](CO)O[C@@H](c2ccccc2)O1. The standard InChI is InChI=1S/C14H18O5/c1-17-13(16)8-11-7-12(9-15)19-14(18-11)10-5-3-2-4-6-10/h2-6,11-12,14-15H,7-9H2,1H3/t11-,12+,14-/m0/s1. The Balaban J connectivity index is 2.06. The molecule has 1 aromatic carbocycles. The fourth-order valence-electron chi connectivity index (χ4n) is 2.07. The molecular weight excluding hydrogens is 248 g/mol. The van der Waals surface area contributed by atoms with Gasteiger partial charge in [0, 0.05) is 12.0 Å². The third kappa shape index (κ3) is 3.76. The van der Waals surface area contributed by atoms with Gasteiger partial charge in [0.2, 0.25) is 0 Å². The number of hydrogen-bond donors (Lipinski definition) is 1. The first-order valence-electron chi connectivity index (χ1n) is 6.26. The lowest BCUT2D eigenvalue weighted by atomic mass is 10.1. The highest BCUT2D eigenvalue weighted by Crippen LogP contribution is 2.30. The molecule has 5 nitrogen and oxygen atoms in total. The lowest BCUT2D eigenvalue weighted by molar-refractivity contribution is -0.254. The average molecular weight is 266 g/mol. The molecule has 0 unspecified atom stereocenters. The highest BCUT2D eigenvalue weighted by atomic mass is 16.7. The molecule has 0 aliphatic carbocycles. The summed E-state index contributed by atoms with van der Waals surface area (Å²) in [7, 11) is 1.35. The van der Waals surface area contributed by atoms with Crippen LogP contribution in [-0.4, -0.2) is 37.0 Å². The molecule has 1 aromatic rings. The Bertz CT molecular complexity index is 406. The maximum absolute atomic E-state index is 11.3. The number of methoxy groups -OCH3 is 1. The minimum atomic E-state index is -0.554. The van der Waals surface area contributed by atoms with Crippen molar-refractivity contribution < 1.29 is 24.1 Å². The summed E-state index contributed by atoms with van der Waals surface area (Å²) in [6.07, 6.45) is -0.534. The number of aliphatic hydroxyl groups excluding tert-OH is 1. The molecule has 1 N–H and O–H groups in total. The number of hydrogen-bond acceptors (Lipinski definition) is 5. The minimum absolute atomic E-state index is 0.0929. The Labute approximate surface area is 112 Å². The molecule has 1 aliphatic rings. The molecule has 5 heteroatoms. The molecule has 104 valence electrons. The van der Waals surface area contributed by atoms with Gasteiger partial charge in [-0.05, 0) is 0 Å². The predicted octanol–water partition coefficient (Wildman–Crippen LogP) is 1.41. The topological polar surface area (TPSA) is 65.0 Å². The second-order valence-corrected chi connectivity index (χ2v) is 4.46. The van der Waals surface area contributed by atoms with E-state index in [2.05, 4.69) is 4.74 Å². The maximum atomic E-state index is 11.3. The number of carbonyl (C=O) groups excluding carboxylic acids is 1. The van der Waals surface area contributed by atoms with Gasteiger partial charge in [0.1, 0.15) is 0 Å². The third-order valence-corrected chi connectivity index (χ3v) is 3.06. The number of aliphatic hydroxyl groups is 1. The van der Waals surface area contributed by atoms with Crippen molar-refractivity contribution in [3.05, 3.63) is 35.9 Å². The van der Waals surface area contributed by atoms with E-state index in [1.165, 1.54) is 7.11 Å². The van der Waals surface area contributed by atoms with E-state index in [4.69, 9.17) is 9.47 Å². The predicted molar refractivity (Wildman–Crippen MR) is 67.3 cm³/mol. The molecular formula is C14H18O5. The summed E-state index contributed by atoms with van der Waals surface area (Å²) in [5, 5.41) is 9.27. The van der Waals surface area contributed by atoms with Crippen LogP contribution in [-0.2, 0) is 19.0 Å². The van der Waals surface area contributed by atoms with Crippen molar-refractivity contribution >= 4 is 5.97 Å². The Morgan fingerprint density at radius 3 is 2.63 bits per heavy atom. The van der Waals surface area contributed by atoms with Crippen LogP contribution in [0.1, 0.15) is 24.7 Å². The zero-order chi connectivity index (χ0) is 13.7. The van der Waals surface area contributed by atoms with Crippen LogP contribution in [0.4, 0.5) is 0 Å². The smallest absolute Gasteiger partial charge is 0.308 e. The fourth-order valence-corrected chi connectivity index (χ4v) is 2.07.